The van der Waals surface area contributed by atoms with E-state index in [-0.39, 0.29) is 0 Å². The van der Waals surface area contributed by atoms with Crippen LogP contribution in [0.25, 0.3) is 0 Å². The second-order valence-corrected chi connectivity index (χ2v) is 6.09. The van der Waals surface area contributed by atoms with Crippen molar-refractivity contribution < 1.29 is 4.74 Å². The first-order valence-electron chi connectivity index (χ1n) is 6.53. The summed E-state index contributed by atoms with van der Waals surface area (Å²) in [6, 6.07) is 0. The predicted molar refractivity (Wildman–Crippen MR) is 68.7 cm³/mol. The number of nitrogens with one attached hydrogen (secondary N) is 2. The van der Waals surface area contributed by atoms with Crippen LogP contribution in [0.4, 0.5) is 0 Å². The van der Waals surface area contributed by atoms with Gasteiger partial charge in [-0.15, -0.1) is 0 Å². The molecule has 1 aliphatic heterocycles. The van der Waals surface area contributed by atoms with E-state index in [0.29, 0.717) is 11.5 Å². The zero-order chi connectivity index (χ0) is 12.0. The maximum Gasteiger partial charge on any atom is 0.0824 e. The highest BCUT2D eigenvalue weighted by molar-refractivity contribution is 4.76. The number of rotatable bonds is 6. The summed E-state index contributed by atoms with van der Waals surface area (Å²) in [5.41, 5.74) is 0.385. The van der Waals surface area contributed by atoms with Crippen LogP contribution in [0, 0.1) is 11.3 Å². The maximum absolute atomic E-state index is 5.65. The second-order valence-electron chi connectivity index (χ2n) is 6.09. The van der Waals surface area contributed by atoms with Crippen LogP contribution in [0.3, 0.4) is 0 Å². The van der Waals surface area contributed by atoms with E-state index >= 15 is 0 Å². The first-order valence-corrected chi connectivity index (χ1v) is 6.53. The van der Waals surface area contributed by atoms with Crippen molar-refractivity contribution in [2.75, 3.05) is 32.8 Å². The normalized spacial score (nSPS) is 22.7. The molecule has 1 heterocycles. The van der Waals surface area contributed by atoms with Crippen LogP contribution in [0.1, 0.15) is 34.1 Å². The Morgan fingerprint density at radius 3 is 2.75 bits per heavy atom. The summed E-state index contributed by atoms with van der Waals surface area (Å²) in [6.07, 6.45) is 1.62. The fourth-order valence-corrected chi connectivity index (χ4v) is 2.50. The van der Waals surface area contributed by atoms with Crippen LogP contribution < -0.4 is 10.6 Å². The monoisotopic (exact) mass is 228 g/mol. The van der Waals surface area contributed by atoms with Crippen LogP contribution in [-0.4, -0.2) is 38.9 Å². The number of hydrogen-bond donors (Lipinski definition) is 2. The van der Waals surface area contributed by atoms with Gasteiger partial charge in [0.2, 0.25) is 0 Å². The molecule has 1 saturated heterocycles. The van der Waals surface area contributed by atoms with Crippen LogP contribution in [0.2, 0.25) is 0 Å². The molecule has 0 aromatic rings. The molecule has 1 rings (SSSR count). The van der Waals surface area contributed by atoms with Crippen LogP contribution in [0.15, 0.2) is 0 Å². The molecule has 0 saturated carbocycles. The molecule has 96 valence electrons. The molecular weight excluding hydrogens is 200 g/mol. The van der Waals surface area contributed by atoms with Gasteiger partial charge in [-0.05, 0) is 17.8 Å². The summed E-state index contributed by atoms with van der Waals surface area (Å²) < 4.78 is 5.65. The lowest BCUT2D eigenvalue weighted by atomic mass is 9.84. The van der Waals surface area contributed by atoms with Crippen LogP contribution >= 0.6 is 0 Å². The topological polar surface area (TPSA) is 33.3 Å². The average molecular weight is 228 g/mol. The average Bonchev–Trinajstić information content (AvgIpc) is 2.16. The van der Waals surface area contributed by atoms with Crippen molar-refractivity contribution in [3.05, 3.63) is 0 Å². The molecule has 3 heteroatoms. The van der Waals surface area contributed by atoms with Gasteiger partial charge in [0, 0.05) is 26.2 Å². The Balaban J connectivity index is 2.13. The van der Waals surface area contributed by atoms with E-state index in [9.17, 15) is 0 Å². The van der Waals surface area contributed by atoms with Gasteiger partial charge in [0.15, 0.2) is 0 Å². The first kappa shape index (κ1) is 13.9. The third-order valence-electron chi connectivity index (χ3n) is 2.94. The number of morpholine rings is 1. The maximum atomic E-state index is 5.65. The van der Waals surface area contributed by atoms with E-state index in [4.69, 9.17) is 4.74 Å². The minimum absolute atomic E-state index is 0.351. The van der Waals surface area contributed by atoms with Gasteiger partial charge in [0.05, 0.1) is 12.7 Å². The Morgan fingerprint density at radius 2 is 2.19 bits per heavy atom. The quantitative estimate of drug-likeness (QED) is 0.725. The molecule has 0 spiro atoms. The van der Waals surface area contributed by atoms with Gasteiger partial charge in [-0.1, -0.05) is 27.7 Å². The standard InChI is InChI=1S/C13H28N2O/c1-11(2)7-13(3,4)10-15-9-12-8-14-5-6-16-12/h11-12,14-15H,5-10H2,1-4H3. The van der Waals surface area contributed by atoms with Crippen molar-refractivity contribution in [1.82, 2.24) is 10.6 Å². The molecule has 0 aromatic heterocycles. The lowest BCUT2D eigenvalue weighted by molar-refractivity contribution is 0.0277. The predicted octanol–water partition coefficient (Wildman–Crippen LogP) is 1.64. The summed E-state index contributed by atoms with van der Waals surface area (Å²) >= 11 is 0. The Hall–Kier alpha value is -0.120. The molecule has 0 amide bonds. The van der Waals surface area contributed by atoms with E-state index in [1.807, 2.05) is 0 Å². The second kappa shape index (κ2) is 6.58. The van der Waals surface area contributed by atoms with Crippen molar-refractivity contribution >= 4 is 0 Å². The molecule has 1 unspecified atom stereocenters. The first-order chi connectivity index (χ1) is 7.49. The van der Waals surface area contributed by atoms with Gasteiger partial charge in [0.25, 0.3) is 0 Å². The fraction of sp³-hybridized carbons (Fsp3) is 1.00. The molecule has 0 bridgehead atoms. The van der Waals surface area contributed by atoms with Gasteiger partial charge in [-0.3, -0.25) is 0 Å². The molecule has 16 heavy (non-hydrogen) atoms. The van der Waals surface area contributed by atoms with Crippen molar-refractivity contribution in [2.24, 2.45) is 11.3 Å². The smallest absolute Gasteiger partial charge is 0.0824 e. The highest BCUT2D eigenvalue weighted by Gasteiger charge is 2.20. The molecule has 0 aliphatic carbocycles. The van der Waals surface area contributed by atoms with Gasteiger partial charge in [-0.25, -0.2) is 0 Å². The molecule has 1 fully saturated rings. The highest BCUT2D eigenvalue weighted by Crippen LogP contribution is 2.23. The summed E-state index contributed by atoms with van der Waals surface area (Å²) in [5, 5.41) is 6.89. The van der Waals surface area contributed by atoms with Crippen molar-refractivity contribution in [1.29, 1.82) is 0 Å². The summed E-state index contributed by atoms with van der Waals surface area (Å²) in [4.78, 5) is 0. The summed E-state index contributed by atoms with van der Waals surface area (Å²) in [7, 11) is 0. The molecule has 1 aliphatic rings. The third kappa shape index (κ3) is 5.83. The summed E-state index contributed by atoms with van der Waals surface area (Å²) in [6.45, 7) is 14.1. The summed E-state index contributed by atoms with van der Waals surface area (Å²) in [5.74, 6) is 0.768. The fourth-order valence-electron chi connectivity index (χ4n) is 2.50. The van der Waals surface area contributed by atoms with Gasteiger partial charge in [-0.2, -0.15) is 0 Å². The Labute approximate surface area is 100 Å². The Bertz CT molecular complexity index is 186. The molecular formula is C13H28N2O. The van der Waals surface area contributed by atoms with E-state index in [0.717, 1.165) is 38.7 Å². The molecule has 1 atom stereocenters. The lowest BCUT2D eigenvalue weighted by Gasteiger charge is -2.29. The lowest BCUT2D eigenvalue weighted by Crippen LogP contribution is -2.45. The van der Waals surface area contributed by atoms with Crippen LogP contribution in [-0.2, 0) is 4.74 Å². The zero-order valence-electron chi connectivity index (χ0n) is 11.3. The van der Waals surface area contributed by atoms with E-state index in [1.165, 1.54) is 6.42 Å². The van der Waals surface area contributed by atoms with E-state index < -0.39 is 0 Å². The molecule has 0 radical (unpaired) electrons. The largest absolute Gasteiger partial charge is 0.374 e. The van der Waals surface area contributed by atoms with Gasteiger partial charge >= 0.3 is 0 Å². The van der Waals surface area contributed by atoms with Gasteiger partial charge < -0.3 is 15.4 Å². The molecule has 3 nitrogen and oxygen atoms in total. The number of ether oxygens (including phenoxy) is 1. The zero-order valence-corrected chi connectivity index (χ0v) is 11.3. The van der Waals surface area contributed by atoms with Crippen molar-refractivity contribution in [2.45, 2.75) is 40.2 Å². The van der Waals surface area contributed by atoms with Crippen molar-refractivity contribution in [3.63, 3.8) is 0 Å². The van der Waals surface area contributed by atoms with Gasteiger partial charge in [0.1, 0.15) is 0 Å². The minimum atomic E-state index is 0.351. The van der Waals surface area contributed by atoms with Crippen molar-refractivity contribution in [3.8, 4) is 0 Å². The van der Waals surface area contributed by atoms with Crippen LogP contribution in [0.5, 0.6) is 0 Å². The van der Waals surface area contributed by atoms with E-state index in [2.05, 4.69) is 38.3 Å². The molecule has 2 N–H and O–H groups in total. The minimum Gasteiger partial charge on any atom is -0.374 e. The SMILES string of the molecule is CC(C)CC(C)(C)CNCC1CNCCO1. The molecule has 0 aromatic carbocycles. The highest BCUT2D eigenvalue weighted by atomic mass is 16.5. The van der Waals surface area contributed by atoms with E-state index in [1.54, 1.807) is 0 Å². The Kier molecular flexibility index (Phi) is 5.73. The Morgan fingerprint density at radius 1 is 1.44 bits per heavy atom. The third-order valence-corrected chi connectivity index (χ3v) is 2.94. The number of hydrogen-bond acceptors (Lipinski definition) is 3.